The minimum absolute atomic E-state index is 0.00545. The number of hydrogen-bond acceptors (Lipinski definition) is 6. The first-order chi connectivity index (χ1) is 18.0. The molecule has 2 aromatic carbocycles. The van der Waals surface area contributed by atoms with E-state index in [0.29, 0.717) is 35.2 Å². The summed E-state index contributed by atoms with van der Waals surface area (Å²) in [6.07, 6.45) is -2.12. The maximum Gasteiger partial charge on any atom is 0.416 e. The number of sulfonamides is 1. The van der Waals surface area contributed by atoms with Crippen molar-refractivity contribution in [2.75, 3.05) is 6.54 Å². The van der Waals surface area contributed by atoms with Gasteiger partial charge in [0, 0.05) is 35.7 Å². The third kappa shape index (κ3) is 5.18. The van der Waals surface area contributed by atoms with Crippen molar-refractivity contribution in [2.24, 2.45) is 0 Å². The van der Waals surface area contributed by atoms with Crippen LogP contribution in [-0.4, -0.2) is 41.1 Å². The lowest BCUT2D eigenvalue weighted by molar-refractivity contribution is -0.137. The van der Waals surface area contributed by atoms with E-state index >= 15 is 0 Å². The summed E-state index contributed by atoms with van der Waals surface area (Å²) in [5, 5.41) is -0.0481. The topological polar surface area (TPSA) is 93.4 Å². The molecule has 0 amide bonds. The summed E-state index contributed by atoms with van der Waals surface area (Å²) in [5.74, 6) is -0.814. The molecule has 12 heteroatoms. The summed E-state index contributed by atoms with van der Waals surface area (Å²) in [6.45, 7) is 0.149. The van der Waals surface area contributed by atoms with Crippen molar-refractivity contribution < 1.29 is 35.2 Å². The van der Waals surface area contributed by atoms with Gasteiger partial charge in [0.05, 0.1) is 17.3 Å². The molecular weight excluding hydrogens is 526 g/mol. The van der Waals surface area contributed by atoms with Crippen molar-refractivity contribution in [3.8, 4) is 11.3 Å². The van der Waals surface area contributed by atoms with E-state index in [1.54, 1.807) is 6.07 Å². The number of benzene rings is 2. The number of nitrogens with zero attached hydrogens (tertiary/aromatic N) is 3. The first-order valence-corrected chi connectivity index (χ1v) is 13.2. The Bertz CT molecular complexity index is 1600. The smallest absolute Gasteiger partial charge is 0.416 e. The Hall–Kier alpha value is -3.64. The Morgan fingerprint density at radius 2 is 1.82 bits per heavy atom. The number of carbonyl (C=O) groups excluding carboxylic acids is 1. The molecule has 0 spiro atoms. The number of ketones is 1. The predicted octanol–water partition coefficient (Wildman–Crippen LogP) is 5.40. The Labute approximate surface area is 215 Å². The standard InChI is InChI=1S/C26H21F4N3O4S/c27-19-7-10-24-17(12-19)13-25(37-24)38(35,36)33-11-1-2-22(33)23(34)9-8-20-14-21(32-15-31-20)16-3-5-18(6-4-16)26(28,29)30/h3-7,10,12-15,22H,1-2,8-9,11H2/t22-/m0/s1. The van der Waals surface area contributed by atoms with Crippen LogP contribution >= 0.6 is 0 Å². The highest BCUT2D eigenvalue weighted by atomic mass is 32.2. The van der Waals surface area contributed by atoms with Gasteiger partial charge < -0.3 is 4.42 Å². The number of halogens is 4. The van der Waals surface area contributed by atoms with Crippen molar-refractivity contribution >= 4 is 26.8 Å². The van der Waals surface area contributed by atoms with Crippen LogP contribution in [0.15, 0.2) is 70.4 Å². The third-order valence-electron chi connectivity index (χ3n) is 6.45. The largest absolute Gasteiger partial charge is 0.443 e. The zero-order chi connectivity index (χ0) is 27.1. The third-order valence-corrected chi connectivity index (χ3v) is 8.22. The molecule has 198 valence electrons. The van der Waals surface area contributed by atoms with Crippen LogP contribution in [0.25, 0.3) is 22.2 Å². The zero-order valence-corrected chi connectivity index (χ0v) is 20.6. The Morgan fingerprint density at radius 3 is 2.55 bits per heavy atom. The Balaban J connectivity index is 1.28. The summed E-state index contributed by atoms with van der Waals surface area (Å²) in [7, 11) is -4.13. The molecule has 1 aliphatic rings. The van der Waals surface area contributed by atoms with E-state index < -0.39 is 33.6 Å². The van der Waals surface area contributed by atoms with Gasteiger partial charge in [-0.2, -0.15) is 17.5 Å². The van der Waals surface area contributed by atoms with Crippen molar-refractivity contribution in [1.82, 2.24) is 14.3 Å². The van der Waals surface area contributed by atoms with Gasteiger partial charge in [-0.25, -0.2) is 22.8 Å². The Morgan fingerprint density at radius 1 is 1.05 bits per heavy atom. The number of rotatable bonds is 7. The van der Waals surface area contributed by atoms with Gasteiger partial charge >= 0.3 is 6.18 Å². The SMILES string of the molecule is O=C(CCc1cc(-c2ccc(C(F)(F)F)cc2)ncn1)[C@@H]1CCCN1S(=O)(=O)c1cc2cc(F)ccc2o1. The van der Waals surface area contributed by atoms with Gasteiger partial charge in [0.1, 0.15) is 17.7 Å². The number of fused-ring (bicyclic) bond motifs is 1. The molecule has 0 saturated carbocycles. The number of alkyl halides is 3. The highest BCUT2D eigenvalue weighted by Gasteiger charge is 2.40. The summed E-state index contributed by atoms with van der Waals surface area (Å²) < 4.78 is 85.1. The lowest BCUT2D eigenvalue weighted by Gasteiger charge is -2.21. The van der Waals surface area contributed by atoms with Crippen molar-refractivity contribution in [2.45, 2.75) is 43.0 Å². The number of carbonyl (C=O) groups is 1. The monoisotopic (exact) mass is 547 g/mol. The van der Waals surface area contributed by atoms with Crippen LogP contribution in [0, 0.1) is 5.82 Å². The molecule has 2 aromatic heterocycles. The second-order valence-electron chi connectivity index (χ2n) is 8.96. The van der Waals surface area contributed by atoms with Crippen LogP contribution in [0.3, 0.4) is 0 Å². The second-order valence-corrected chi connectivity index (χ2v) is 10.8. The molecule has 0 bridgehead atoms. The van der Waals surface area contributed by atoms with E-state index in [0.717, 1.165) is 16.4 Å². The fraction of sp³-hybridized carbons (Fsp3) is 0.269. The quantitative estimate of drug-likeness (QED) is 0.288. The molecular formula is C26H21F4N3O4S. The lowest BCUT2D eigenvalue weighted by atomic mass is 10.0. The summed E-state index contributed by atoms with van der Waals surface area (Å²) >= 11 is 0. The van der Waals surface area contributed by atoms with E-state index in [1.165, 1.54) is 42.7 Å². The molecule has 0 aliphatic carbocycles. The number of Topliss-reactive ketones (excluding diaryl/α,β-unsaturated/α-hetero) is 1. The van der Waals surface area contributed by atoms with Gasteiger partial charge in [0.15, 0.2) is 5.78 Å². The maximum absolute atomic E-state index is 13.5. The van der Waals surface area contributed by atoms with E-state index in [-0.39, 0.29) is 35.8 Å². The van der Waals surface area contributed by atoms with Crippen molar-refractivity contribution in [1.29, 1.82) is 0 Å². The lowest BCUT2D eigenvalue weighted by Crippen LogP contribution is -2.40. The number of furan rings is 1. The van der Waals surface area contributed by atoms with Crippen LogP contribution in [0.4, 0.5) is 17.6 Å². The molecule has 1 aliphatic heterocycles. The van der Waals surface area contributed by atoms with Crippen molar-refractivity contribution in [3.63, 3.8) is 0 Å². The number of aryl methyl sites for hydroxylation is 1. The first kappa shape index (κ1) is 26.0. The van der Waals surface area contributed by atoms with E-state index in [2.05, 4.69) is 9.97 Å². The predicted molar refractivity (Wildman–Crippen MR) is 129 cm³/mol. The zero-order valence-electron chi connectivity index (χ0n) is 19.8. The van der Waals surface area contributed by atoms with Crippen LogP contribution in [-0.2, 0) is 27.4 Å². The summed E-state index contributed by atoms with van der Waals surface area (Å²) in [5.41, 5.74) is 0.816. The molecule has 1 atom stereocenters. The average Bonchev–Trinajstić information content (AvgIpc) is 3.55. The number of aromatic nitrogens is 2. The summed E-state index contributed by atoms with van der Waals surface area (Å²) in [6, 6.07) is 10.2. The van der Waals surface area contributed by atoms with Gasteiger partial charge in [0.2, 0.25) is 5.09 Å². The molecule has 4 aromatic rings. The number of hydrogen-bond donors (Lipinski definition) is 0. The Kier molecular flexibility index (Phi) is 6.78. The fourth-order valence-electron chi connectivity index (χ4n) is 4.52. The van der Waals surface area contributed by atoms with Gasteiger partial charge in [-0.15, -0.1) is 0 Å². The van der Waals surface area contributed by atoms with Gasteiger partial charge in [0.25, 0.3) is 10.0 Å². The molecule has 7 nitrogen and oxygen atoms in total. The minimum Gasteiger partial charge on any atom is -0.443 e. The van der Waals surface area contributed by atoms with Crippen LogP contribution < -0.4 is 0 Å². The van der Waals surface area contributed by atoms with E-state index in [9.17, 15) is 30.8 Å². The molecule has 0 unspecified atom stereocenters. The highest BCUT2D eigenvalue weighted by molar-refractivity contribution is 7.89. The van der Waals surface area contributed by atoms with Gasteiger partial charge in [-0.3, -0.25) is 4.79 Å². The highest BCUT2D eigenvalue weighted by Crippen LogP contribution is 2.32. The van der Waals surface area contributed by atoms with Gasteiger partial charge in [-0.1, -0.05) is 12.1 Å². The van der Waals surface area contributed by atoms with E-state index in [1.807, 2.05) is 0 Å². The second kappa shape index (κ2) is 9.91. The van der Waals surface area contributed by atoms with Crippen LogP contribution in [0.5, 0.6) is 0 Å². The molecule has 0 N–H and O–H groups in total. The summed E-state index contributed by atoms with van der Waals surface area (Å²) in [4.78, 5) is 21.3. The van der Waals surface area contributed by atoms with Crippen LogP contribution in [0.2, 0.25) is 0 Å². The first-order valence-electron chi connectivity index (χ1n) is 11.7. The molecule has 38 heavy (non-hydrogen) atoms. The minimum atomic E-state index is -4.44. The fourth-order valence-corrected chi connectivity index (χ4v) is 6.15. The molecule has 0 radical (unpaired) electrons. The maximum atomic E-state index is 13.5. The average molecular weight is 548 g/mol. The molecule has 1 fully saturated rings. The van der Waals surface area contributed by atoms with Gasteiger partial charge in [-0.05, 0) is 55.7 Å². The van der Waals surface area contributed by atoms with Crippen molar-refractivity contribution in [3.05, 3.63) is 78.0 Å². The normalized spacial score (nSPS) is 16.8. The molecule has 5 rings (SSSR count). The van der Waals surface area contributed by atoms with E-state index in [4.69, 9.17) is 4.42 Å². The molecule has 1 saturated heterocycles. The molecule has 3 heterocycles. The van der Waals surface area contributed by atoms with Crippen LogP contribution in [0.1, 0.15) is 30.5 Å².